The predicted molar refractivity (Wildman–Crippen MR) is 68.5 cm³/mol. The molecule has 0 rings (SSSR count). The van der Waals surface area contributed by atoms with Gasteiger partial charge in [-0.25, -0.2) is 4.79 Å². The van der Waals surface area contributed by atoms with Gasteiger partial charge in [-0.3, -0.25) is 0 Å². The highest BCUT2D eigenvalue weighted by Gasteiger charge is 1.98. The lowest BCUT2D eigenvalue weighted by atomic mass is 10.00. The average molecular weight is 224 g/mol. The molecule has 0 spiro atoms. The van der Waals surface area contributed by atoms with E-state index < -0.39 is 5.97 Å². The van der Waals surface area contributed by atoms with Gasteiger partial charge in [0.05, 0.1) is 0 Å². The van der Waals surface area contributed by atoms with Crippen molar-refractivity contribution < 1.29 is 9.90 Å². The van der Waals surface area contributed by atoms with Crippen LogP contribution in [0.15, 0.2) is 23.8 Å². The third kappa shape index (κ3) is 9.50. The van der Waals surface area contributed by atoms with E-state index >= 15 is 0 Å². The molecule has 2 heteroatoms. The van der Waals surface area contributed by atoms with Crippen LogP contribution < -0.4 is 0 Å². The van der Waals surface area contributed by atoms with Crippen molar-refractivity contribution in [3.63, 3.8) is 0 Å². The van der Waals surface area contributed by atoms with Crippen molar-refractivity contribution in [1.82, 2.24) is 0 Å². The molecule has 0 amide bonds. The standard InChI is InChI=1S/C14H24O2/c1-4-5-6-7-8-12(2)11-13(3)9-10-14(15)16/h9-12H,4-8H2,1-3H3,(H,15,16)/b10-9+,13-11+/t12-/m1/s1. The Morgan fingerprint density at radius 3 is 2.50 bits per heavy atom. The molecule has 0 saturated heterocycles. The highest BCUT2D eigenvalue weighted by Crippen LogP contribution is 2.13. The fourth-order valence-electron chi connectivity index (χ4n) is 1.68. The van der Waals surface area contributed by atoms with Crippen LogP contribution >= 0.6 is 0 Å². The Morgan fingerprint density at radius 2 is 1.94 bits per heavy atom. The van der Waals surface area contributed by atoms with Crippen LogP contribution in [0.25, 0.3) is 0 Å². The minimum Gasteiger partial charge on any atom is -0.478 e. The van der Waals surface area contributed by atoms with Gasteiger partial charge < -0.3 is 5.11 Å². The lowest BCUT2D eigenvalue weighted by Gasteiger charge is -2.06. The monoisotopic (exact) mass is 224 g/mol. The van der Waals surface area contributed by atoms with Crippen LogP contribution in [-0.2, 0) is 4.79 Å². The summed E-state index contributed by atoms with van der Waals surface area (Å²) in [5.41, 5.74) is 1.03. The Kier molecular flexibility index (Phi) is 8.59. The number of allylic oxidation sites excluding steroid dienone is 3. The van der Waals surface area contributed by atoms with E-state index in [-0.39, 0.29) is 0 Å². The van der Waals surface area contributed by atoms with E-state index in [9.17, 15) is 4.79 Å². The van der Waals surface area contributed by atoms with Crippen LogP contribution in [0.2, 0.25) is 0 Å². The number of hydrogen-bond donors (Lipinski definition) is 1. The van der Waals surface area contributed by atoms with Crippen LogP contribution in [0.5, 0.6) is 0 Å². The quantitative estimate of drug-likeness (QED) is 0.381. The van der Waals surface area contributed by atoms with Crippen molar-refractivity contribution in [3.8, 4) is 0 Å². The van der Waals surface area contributed by atoms with Crippen molar-refractivity contribution in [2.24, 2.45) is 5.92 Å². The number of carboxylic acids is 1. The normalized spacial score (nSPS) is 14.3. The highest BCUT2D eigenvalue weighted by molar-refractivity contribution is 5.80. The van der Waals surface area contributed by atoms with E-state index in [0.717, 1.165) is 5.57 Å². The number of aliphatic carboxylic acids is 1. The molecule has 0 saturated carbocycles. The first-order chi connectivity index (χ1) is 7.56. The van der Waals surface area contributed by atoms with Gasteiger partial charge in [-0.05, 0) is 19.3 Å². The summed E-state index contributed by atoms with van der Waals surface area (Å²) in [5, 5.41) is 8.48. The van der Waals surface area contributed by atoms with Gasteiger partial charge in [-0.15, -0.1) is 0 Å². The number of unbranched alkanes of at least 4 members (excludes halogenated alkanes) is 3. The zero-order valence-corrected chi connectivity index (χ0v) is 10.7. The van der Waals surface area contributed by atoms with Crippen LogP contribution in [-0.4, -0.2) is 11.1 Å². The van der Waals surface area contributed by atoms with Gasteiger partial charge in [0.1, 0.15) is 0 Å². The summed E-state index contributed by atoms with van der Waals surface area (Å²) < 4.78 is 0. The second-order valence-electron chi connectivity index (χ2n) is 4.41. The summed E-state index contributed by atoms with van der Waals surface area (Å²) in [6.45, 7) is 6.34. The minimum atomic E-state index is -0.886. The Morgan fingerprint density at radius 1 is 1.25 bits per heavy atom. The molecule has 0 aromatic rings. The number of hydrogen-bond acceptors (Lipinski definition) is 1. The van der Waals surface area contributed by atoms with E-state index in [2.05, 4.69) is 19.9 Å². The molecule has 0 heterocycles. The molecule has 2 nitrogen and oxygen atoms in total. The van der Waals surface area contributed by atoms with E-state index in [1.165, 1.54) is 38.2 Å². The molecular weight excluding hydrogens is 200 g/mol. The molecule has 1 atom stereocenters. The predicted octanol–water partition coefficient (Wildman–Crippen LogP) is 4.18. The van der Waals surface area contributed by atoms with Gasteiger partial charge in [0, 0.05) is 6.08 Å². The fourth-order valence-corrected chi connectivity index (χ4v) is 1.68. The third-order valence-electron chi connectivity index (χ3n) is 2.55. The van der Waals surface area contributed by atoms with Crippen molar-refractivity contribution in [1.29, 1.82) is 0 Å². The Balaban J connectivity index is 3.86. The first-order valence-corrected chi connectivity index (χ1v) is 6.15. The van der Waals surface area contributed by atoms with Crippen LogP contribution in [0, 0.1) is 5.92 Å². The maximum absolute atomic E-state index is 10.3. The minimum absolute atomic E-state index is 0.537. The van der Waals surface area contributed by atoms with E-state index in [4.69, 9.17) is 5.11 Å². The Bertz CT molecular complexity index is 251. The molecule has 0 aromatic heterocycles. The molecule has 16 heavy (non-hydrogen) atoms. The second-order valence-corrected chi connectivity index (χ2v) is 4.41. The van der Waals surface area contributed by atoms with Crippen LogP contribution in [0.4, 0.5) is 0 Å². The van der Waals surface area contributed by atoms with Gasteiger partial charge in [0.15, 0.2) is 0 Å². The molecule has 0 aliphatic heterocycles. The second kappa shape index (κ2) is 9.20. The van der Waals surface area contributed by atoms with E-state index in [1.807, 2.05) is 6.92 Å². The SMILES string of the molecule is CCCCCC[C@@H](C)/C=C(C)/C=C/C(=O)O. The number of carboxylic acid groups (broad SMARTS) is 1. The molecule has 0 radical (unpaired) electrons. The summed E-state index contributed by atoms with van der Waals surface area (Å²) in [5.74, 6) is -0.348. The average Bonchev–Trinajstić information content (AvgIpc) is 2.21. The summed E-state index contributed by atoms with van der Waals surface area (Å²) in [6, 6.07) is 0. The molecule has 0 unspecified atom stereocenters. The lowest BCUT2D eigenvalue weighted by Crippen LogP contribution is -1.92. The fraction of sp³-hybridized carbons (Fsp3) is 0.643. The Hall–Kier alpha value is -1.05. The number of carbonyl (C=O) groups is 1. The smallest absolute Gasteiger partial charge is 0.328 e. The van der Waals surface area contributed by atoms with Gasteiger partial charge in [-0.2, -0.15) is 0 Å². The molecule has 0 aliphatic carbocycles. The lowest BCUT2D eigenvalue weighted by molar-refractivity contribution is -0.131. The van der Waals surface area contributed by atoms with Crippen molar-refractivity contribution in [2.45, 2.75) is 52.9 Å². The summed E-state index contributed by atoms with van der Waals surface area (Å²) in [6.07, 6.45) is 11.3. The molecule has 0 aliphatic rings. The topological polar surface area (TPSA) is 37.3 Å². The first-order valence-electron chi connectivity index (χ1n) is 6.15. The van der Waals surface area contributed by atoms with E-state index in [0.29, 0.717) is 5.92 Å². The molecule has 0 aromatic carbocycles. The zero-order valence-electron chi connectivity index (χ0n) is 10.7. The van der Waals surface area contributed by atoms with Crippen molar-refractivity contribution in [3.05, 3.63) is 23.8 Å². The van der Waals surface area contributed by atoms with Crippen molar-refractivity contribution >= 4 is 5.97 Å². The molecule has 0 bridgehead atoms. The third-order valence-corrected chi connectivity index (χ3v) is 2.55. The highest BCUT2D eigenvalue weighted by atomic mass is 16.4. The van der Waals surface area contributed by atoms with Gasteiger partial charge in [-0.1, -0.05) is 57.3 Å². The van der Waals surface area contributed by atoms with Gasteiger partial charge in [0.25, 0.3) is 0 Å². The van der Waals surface area contributed by atoms with Gasteiger partial charge >= 0.3 is 5.97 Å². The largest absolute Gasteiger partial charge is 0.478 e. The van der Waals surface area contributed by atoms with E-state index in [1.54, 1.807) is 6.08 Å². The summed E-state index contributed by atoms with van der Waals surface area (Å²) >= 11 is 0. The first kappa shape index (κ1) is 14.9. The summed E-state index contributed by atoms with van der Waals surface area (Å²) in [4.78, 5) is 10.3. The molecule has 92 valence electrons. The van der Waals surface area contributed by atoms with Crippen molar-refractivity contribution in [2.75, 3.05) is 0 Å². The maximum atomic E-state index is 10.3. The molecule has 0 fully saturated rings. The van der Waals surface area contributed by atoms with Crippen LogP contribution in [0.3, 0.4) is 0 Å². The Labute approximate surface area is 99.1 Å². The molecule has 1 N–H and O–H groups in total. The molecular formula is C14H24O2. The van der Waals surface area contributed by atoms with Gasteiger partial charge in [0.2, 0.25) is 0 Å². The number of rotatable bonds is 8. The summed E-state index contributed by atoms with van der Waals surface area (Å²) in [7, 11) is 0. The van der Waals surface area contributed by atoms with Crippen LogP contribution in [0.1, 0.15) is 52.9 Å². The maximum Gasteiger partial charge on any atom is 0.328 e. The zero-order chi connectivity index (χ0) is 12.4.